The molecular weight excluding hydrogens is 554 g/mol. The molecule has 42 heavy (non-hydrogen) atoms. The van der Waals surface area contributed by atoms with Gasteiger partial charge in [-0.05, 0) is 37.3 Å². The average Bonchev–Trinajstić information content (AvgIpc) is 3.40. The summed E-state index contributed by atoms with van der Waals surface area (Å²) in [6.07, 6.45) is -3.12. The Labute approximate surface area is 242 Å². The lowest BCUT2D eigenvalue weighted by atomic mass is 9.76. The number of aliphatic carboxylic acids is 1. The lowest BCUT2D eigenvalue weighted by molar-refractivity contribution is -0.384. The van der Waals surface area contributed by atoms with Crippen LogP contribution < -0.4 is 4.90 Å². The molecule has 1 spiro atoms. The van der Waals surface area contributed by atoms with Crippen LogP contribution in [-0.4, -0.2) is 132 Å². The van der Waals surface area contributed by atoms with E-state index in [1.807, 2.05) is 0 Å². The summed E-state index contributed by atoms with van der Waals surface area (Å²) >= 11 is 0. The summed E-state index contributed by atoms with van der Waals surface area (Å²) in [5.74, 6) is -4.84. The summed E-state index contributed by atoms with van der Waals surface area (Å²) in [5.41, 5.74) is -0.455. The number of ether oxygens (including phenoxy) is 2. The maximum absolute atomic E-state index is 13.4. The van der Waals surface area contributed by atoms with Gasteiger partial charge in [0.25, 0.3) is 5.91 Å². The van der Waals surface area contributed by atoms with E-state index >= 15 is 0 Å². The fourth-order valence-electron chi connectivity index (χ4n) is 6.59. The number of carbonyl (C=O) groups excluding carboxylic acids is 2. The number of likely N-dealkylation sites (tertiary alicyclic amines) is 1. The van der Waals surface area contributed by atoms with Gasteiger partial charge in [-0.2, -0.15) is 0 Å². The maximum Gasteiger partial charge on any atom is 0.335 e. The van der Waals surface area contributed by atoms with E-state index in [1.54, 1.807) is 18.5 Å². The molecule has 4 heterocycles. The molecule has 3 aliphatic heterocycles. The van der Waals surface area contributed by atoms with Gasteiger partial charge >= 0.3 is 5.97 Å². The van der Waals surface area contributed by atoms with E-state index < -0.39 is 59.8 Å². The average molecular weight is 594 g/mol. The van der Waals surface area contributed by atoms with Crippen LogP contribution in [0.2, 0.25) is 0 Å². The minimum absolute atomic E-state index is 0.0428. The van der Waals surface area contributed by atoms with Crippen molar-refractivity contribution in [2.45, 2.75) is 88.0 Å². The predicted molar refractivity (Wildman–Crippen MR) is 142 cm³/mol. The van der Waals surface area contributed by atoms with Gasteiger partial charge in [-0.15, -0.1) is 0 Å². The molecule has 232 valence electrons. The van der Waals surface area contributed by atoms with Crippen molar-refractivity contribution >= 4 is 23.7 Å². The number of aromatic nitrogens is 2. The van der Waals surface area contributed by atoms with E-state index in [0.29, 0.717) is 43.6 Å². The molecular formula is C27H39N5O10. The van der Waals surface area contributed by atoms with Gasteiger partial charge < -0.3 is 35.2 Å². The van der Waals surface area contributed by atoms with Crippen molar-refractivity contribution in [1.29, 1.82) is 0 Å². The van der Waals surface area contributed by atoms with Crippen LogP contribution in [0.3, 0.4) is 0 Å². The zero-order valence-corrected chi connectivity index (χ0v) is 23.3. The summed E-state index contributed by atoms with van der Waals surface area (Å²) in [7, 11) is 0. The number of aliphatic hydroxyl groups is 4. The lowest BCUT2D eigenvalue weighted by Gasteiger charge is -2.47. The van der Waals surface area contributed by atoms with Crippen molar-refractivity contribution in [3.05, 3.63) is 18.5 Å². The van der Waals surface area contributed by atoms with Crippen LogP contribution in [-0.2, 0) is 23.9 Å². The van der Waals surface area contributed by atoms with Crippen LogP contribution in [0.15, 0.2) is 18.5 Å². The molecule has 2 unspecified atom stereocenters. The van der Waals surface area contributed by atoms with Crippen LogP contribution in [0.4, 0.5) is 5.95 Å². The highest BCUT2D eigenvalue weighted by Gasteiger charge is 2.56. The third-order valence-electron chi connectivity index (χ3n) is 8.87. The van der Waals surface area contributed by atoms with Gasteiger partial charge in [0, 0.05) is 57.8 Å². The first-order chi connectivity index (χ1) is 20.0. The maximum atomic E-state index is 13.4. The summed E-state index contributed by atoms with van der Waals surface area (Å²) in [4.78, 5) is 51.8. The molecule has 3 saturated heterocycles. The summed E-state index contributed by atoms with van der Waals surface area (Å²) in [5, 5.41) is 52.1. The highest BCUT2D eigenvalue weighted by atomic mass is 16.8. The largest absolute Gasteiger partial charge is 0.479 e. The second-order valence-electron chi connectivity index (χ2n) is 11.8. The fraction of sp³-hybridized carbons (Fsp3) is 0.741. The molecule has 1 aromatic heterocycles. The van der Waals surface area contributed by atoms with Crippen LogP contribution in [0.25, 0.3) is 0 Å². The van der Waals surface area contributed by atoms with Crippen molar-refractivity contribution in [3.63, 3.8) is 0 Å². The number of carboxylic acid groups (broad SMARTS) is 1. The SMILES string of the molecule is O=C(O)[C@H]1OC(OC(O)(CCCN2CCN(c3ncccn3)CC2)N2C(=O)CC3(CCCC3)CC2=O)[C@H](O)[C@@H](O)[C@@H]1O. The van der Waals surface area contributed by atoms with E-state index in [0.717, 1.165) is 25.7 Å². The van der Waals surface area contributed by atoms with Gasteiger partial charge in [0.15, 0.2) is 12.4 Å². The Balaban J connectivity index is 1.29. The Morgan fingerprint density at radius 3 is 2.21 bits per heavy atom. The molecule has 0 aromatic carbocycles. The molecule has 1 aromatic rings. The van der Waals surface area contributed by atoms with Crippen LogP contribution in [0.5, 0.6) is 0 Å². The minimum Gasteiger partial charge on any atom is -0.479 e. The molecule has 0 radical (unpaired) electrons. The number of anilines is 1. The number of aliphatic hydroxyl groups excluding tert-OH is 3. The standard InChI is InChI=1S/C27H39N5O10/c33-17-15-26(5-1-2-6-26)16-18(34)32(17)27(40,42-24-21(37)19(35)20(36)22(41-24)23(38)39)7-3-10-30-11-13-31(14-12-30)25-28-8-4-9-29-25/h4,8-9,19-22,24,35-37,40H,1-3,5-7,10-16H2,(H,38,39)/t19-,20-,21+,22-,24?,27?/m0/s1. The smallest absolute Gasteiger partial charge is 0.335 e. The number of piperidine rings is 1. The number of hydrogen-bond acceptors (Lipinski definition) is 13. The molecule has 4 fully saturated rings. The number of rotatable bonds is 9. The Hall–Kier alpha value is -2.79. The second kappa shape index (κ2) is 12.4. The topological polar surface area (TPSA) is 206 Å². The Morgan fingerprint density at radius 1 is 1.00 bits per heavy atom. The van der Waals surface area contributed by atoms with E-state index in [4.69, 9.17) is 9.47 Å². The van der Waals surface area contributed by atoms with E-state index in [1.165, 1.54) is 0 Å². The Morgan fingerprint density at radius 2 is 1.62 bits per heavy atom. The highest BCUT2D eigenvalue weighted by Crippen LogP contribution is 2.48. The summed E-state index contributed by atoms with van der Waals surface area (Å²) in [6.45, 7) is 3.18. The number of hydrogen-bond donors (Lipinski definition) is 5. The molecule has 5 N–H and O–H groups in total. The lowest BCUT2D eigenvalue weighted by Crippen LogP contribution is -2.66. The number of piperazine rings is 1. The van der Waals surface area contributed by atoms with Crippen molar-refractivity contribution in [2.24, 2.45) is 5.41 Å². The van der Waals surface area contributed by atoms with E-state index in [2.05, 4.69) is 19.8 Å². The quantitative estimate of drug-likeness (QED) is 0.166. The Bertz CT molecular complexity index is 1110. The van der Waals surface area contributed by atoms with Crippen LogP contribution in [0, 0.1) is 5.41 Å². The molecule has 1 saturated carbocycles. The molecule has 6 atom stereocenters. The number of carbonyl (C=O) groups is 3. The zero-order valence-electron chi connectivity index (χ0n) is 23.3. The van der Waals surface area contributed by atoms with Gasteiger partial charge in [0.1, 0.15) is 18.3 Å². The van der Waals surface area contributed by atoms with Crippen molar-refractivity contribution < 1.29 is 49.4 Å². The van der Waals surface area contributed by atoms with Crippen molar-refractivity contribution in [3.8, 4) is 0 Å². The van der Waals surface area contributed by atoms with Crippen molar-refractivity contribution in [1.82, 2.24) is 19.8 Å². The van der Waals surface area contributed by atoms with Crippen LogP contribution in [0.1, 0.15) is 51.4 Å². The molecule has 1 aliphatic carbocycles. The molecule has 2 amide bonds. The van der Waals surface area contributed by atoms with Gasteiger partial charge in [-0.3, -0.25) is 19.2 Å². The second-order valence-corrected chi connectivity index (χ2v) is 11.8. The van der Waals surface area contributed by atoms with E-state index in [-0.39, 0.29) is 25.7 Å². The fourth-order valence-corrected chi connectivity index (χ4v) is 6.59. The molecule has 5 rings (SSSR count). The van der Waals surface area contributed by atoms with Gasteiger partial charge in [0.2, 0.25) is 17.8 Å². The summed E-state index contributed by atoms with van der Waals surface area (Å²) in [6, 6.07) is 1.75. The number of imide groups is 1. The first kappa shape index (κ1) is 30.7. The first-order valence-electron chi connectivity index (χ1n) is 14.4. The molecule has 15 heteroatoms. The molecule has 15 nitrogen and oxygen atoms in total. The number of carboxylic acids is 1. The minimum atomic E-state index is -2.59. The number of nitrogens with zero attached hydrogens (tertiary/aromatic N) is 5. The first-order valence-corrected chi connectivity index (χ1v) is 14.4. The third kappa shape index (κ3) is 6.27. The van der Waals surface area contributed by atoms with Crippen LogP contribution >= 0.6 is 0 Å². The normalized spacial score (nSPS) is 31.9. The summed E-state index contributed by atoms with van der Waals surface area (Å²) < 4.78 is 10.9. The predicted octanol–water partition coefficient (Wildman–Crippen LogP) is -1.36. The molecule has 0 bridgehead atoms. The van der Waals surface area contributed by atoms with E-state index in [9.17, 15) is 39.9 Å². The van der Waals surface area contributed by atoms with Gasteiger partial charge in [-0.25, -0.2) is 19.7 Å². The van der Waals surface area contributed by atoms with Gasteiger partial charge in [-0.1, -0.05) is 12.8 Å². The number of amides is 2. The van der Waals surface area contributed by atoms with Crippen molar-refractivity contribution in [2.75, 3.05) is 37.6 Å². The van der Waals surface area contributed by atoms with Gasteiger partial charge in [0.05, 0.1) is 0 Å². The third-order valence-corrected chi connectivity index (χ3v) is 8.87. The highest BCUT2D eigenvalue weighted by molar-refractivity contribution is 5.99. The monoisotopic (exact) mass is 593 g/mol. The Kier molecular flexibility index (Phi) is 9.08. The zero-order chi connectivity index (χ0) is 30.1. The molecule has 4 aliphatic rings.